The Hall–Kier alpha value is -3.45. The lowest BCUT2D eigenvalue weighted by Gasteiger charge is -2.26. The molecule has 0 aliphatic carbocycles. The summed E-state index contributed by atoms with van der Waals surface area (Å²) >= 11 is 0. The van der Waals surface area contributed by atoms with Gasteiger partial charge in [-0.15, -0.1) is 0 Å². The molecule has 1 N–H and O–H groups in total. The molecule has 2 aromatic heterocycles. The molecule has 0 radical (unpaired) electrons. The van der Waals surface area contributed by atoms with Gasteiger partial charge in [0.15, 0.2) is 0 Å². The average Bonchev–Trinajstić information content (AvgIpc) is 3.32. The standard InChI is InChI=1S/C24H26N4O3/c29-24(28(17-23-10-5-13-30-23)16-19-6-4-11-25-15-19)27-20-8-3-9-22(14-20)31-18-21-7-1-2-12-26-21/h1-4,6-9,11-12,14-15,23H,5,10,13,16-18H2,(H,27,29)/t23-/m1/s1. The maximum Gasteiger partial charge on any atom is 0.322 e. The molecule has 3 aromatic rings. The van der Waals surface area contributed by atoms with Gasteiger partial charge in [-0.05, 0) is 48.7 Å². The second-order valence-corrected chi connectivity index (χ2v) is 7.44. The first-order chi connectivity index (χ1) is 15.3. The van der Waals surface area contributed by atoms with Crippen LogP contribution in [-0.4, -0.2) is 40.2 Å². The fourth-order valence-corrected chi connectivity index (χ4v) is 3.47. The Kier molecular flexibility index (Phi) is 7.08. The van der Waals surface area contributed by atoms with Crippen LogP contribution in [-0.2, 0) is 17.9 Å². The zero-order valence-electron chi connectivity index (χ0n) is 17.3. The average molecular weight is 418 g/mol. The molecule has 4 rings (SSSR count). The monoisotopic (exact) mass is 418 g/mol. The van der Waals surface area contributed by atoms with E-state index in [4.69, 9.17) is 9.47 Å². The van der Waals surface area contributed by atoms with Crippen molar-refractivity contribution in [3.05, 3.63) is 84.4 Å². The minimum absolute atomic E-state index is 0.0652. The highest BCUT2D eigenvalue weighted by atomic mass is 16.5. The van der Waals surface area contributed by atoms with E-state index in [0.29, 0.717) is 31.1 Å². The summed E-state index contributed by atoms with van der Waals surface area (Å²) in [5.41, 5.74) is 2.49. The molecule has 1 fully saturated rings. The Bertz CT molecular complexity index is 963. The number of nitrogens with one attached hydrogen (secondary N) is 1. The molecule has 1 saturated heterocycles. The molecule has 7 heteroatoms. The van der Waals surface area contributed by atoms with E-state index in [1.807, 2.05) is 54.6 Å². The van der Waals surface area contributed by atoms with Crippen LogP contribution < -0.4 is 10.1 Å². The third-order valence-corrected chi connectivity index (χ3v) is 5.03. The first-order valence-corrected chi connectivity index (χ1v) is 10.5. The van der Waals surface area contributed by atoms with Gasteiger partial charge in [0, 0.05) is 50.0 Å². The largest absolute Gasteiger partial charge is 0.487 e. The Balaban J connectivity index is 1.40. The summed E-state index contributed by atoms with van der Waals surface area (Å²) in [6.45, 7) is 2.12. The first kappa shape index (κ1) is 20.8. The third-order valence-electron chi connectivity index (χ3n) is 5.03. The smallest absolute Gasteiger partial charge is 0.322 e. The van der Waals surface area contributed by atoms with Gasteiger partial charge in [0.1, 0.15) is 12.4 Å². The molecule has 31 heavy (non-hydrogen) atoms. The molecule has 0 unspecified atom stereocenters. The van der Waals surface area contributed by atoms with E-state index in [-0.39, 0.29) is 12.1 Å². The Morgan fingerprint density at radius 2 is 2.13 bits per heavy atom. The molecule has 160 valence electrons. The fraction of sp³-hybridized carbons (Fsp3) is 0.292. The highest BCUT2D eigenvalue weighted by Gasteiger charge is 2.23. The predicted octanol–water partition coefficient (Wildman–Crippen LogP) is 4.27. The third kappa shape index (κ3) is 6.26. The van der Waals surface area contributed by atoms with Crippen molar-refractivity contribution in [3.63, 3.8) is 0 Å². The summed E-state index contributed by atoms with van der Waals surface area (Å²) in [6, 6.07) is 16.7. The van der Waals surface area contributed by atoms with Gasteiger partial charge in [-0.3, -0.25) is 9.97 Å². The number of benzene rings is 1. The quantitative estimate of drug-likeness (QED) is 0.591. The number of hydrogen-bond acceptors (Lipinski definition) is 5. The number of ether oxygens (including phenoxy) is 2. The highest BCUT2D eigenvalue weighted by Crippen LogP contribution is 2.20. The Labute approximate surface area is 182 Å². The van der Waals surface area contributed by atoms with E-state index >= 15 is 0 Å². The van der Waals surface area contributed by atoms with E-state index in [9.17, 15) is 4.79 Å². The highest BCUT2D eigenvalue weighted by molar-refractivity contribution is 5.89. The lowest BCUT2D eigenvalue weighted by Crippen LogP contribution is -2.39. The topological polar surface area (TPSA) is 76.6 Å². The van der Waals surface area contributed by atoms with Crippen LogP contribution in [0.5, 0.6) is 5.75 Å². The van der Waals surface area contributed by atoms with Gasteiger partial charge >= 0.3 is 6.03 Å². The summed E-state index contributed by atoms with van der Waals surface area (Å²) in [5, 5.41) is 2.99. The molecule has 1 aliphatic rings. The molecule has 0 bridgehead atoms. The molecule has 0 saturated carbocycles. The molecular weight excluding hydrogens is 392 g/mol. The normalized spacial score (nSPS) is 15.4. The van der Waals surface area contributed by atoms with Crippen LogP contribution >= 0.6 is 0 Å². The predicted molar refractivity (Wildman–Crippen MR) is 118 cm³/mol. The van der Waals surface area contributed by atoms with Gasteiger partial charge < -0.3 is 19.7 Å². The van der Waals surface area contributed by atoms with Gasteiger partial charge in [-0.25, -0.2) is 4.79 Å². The van der Waals surface area contributed by atoms with Gasteiger partial charge in [0.05, 0.1) is 11.8 Å². The summed E-state index contributed by atoms with van der Waals surface area (Å²) in [7, 11) is 0. The Morgan fingerprint density at radius 1 is 1.16 bits per heavy atom. The SMILES string of the molecule is O=C(Nc1cccc(OCc2ccccn2)c1)N(Cc1cccnc1)C[C@H]1CCCO1. The summed E-state index contributed by atoms with van der Waals surface area (Å²) < 4.78 is 11.6. The molecule has 1 aromatic carbocycles. The van der Waals surface area contributed by atoms with Crippen molar-refractivity contribution < 1.29 is 14.3 Å². The van der Waals surface area contributed by atoms with Gasteiger partial charge in [0.2, 0.25) is 0 Å². The number of urea groups is 1. The molecular formula is C24H26N4O3. The first-order valence-electron chi connectivity index (χ1n) is 10.5. The van der Waals surface area contributed by atoms with Gasteiger partial charge in [-0.2, -0.15) is 0 Å². The number of pyridine rings is 2. The summed E-state index contributed by atoms with van der Waals surface area (Å²) in [5.74, 6) is 0.668. The maximum atomic E-state index is 13.1. The van der Waals surface area contributed by atoms with E-state index < -0.39 is 0 Å². The number of hydrogen-bond donors (Lipinski definition) is 1. The zero-order valence-corrected chi connectivity index (χ0v) is 17.3. The molecule has 0 spiro atoms. The van der Waals surface area contributed by atoms with Crippen LogP contribution in [0.3, 0.4) is 0 Å². The molecule has 1 aliphatic heterocycles. The Morgan fingerprint density at radius 3 is 2.90 bits per heavy atom. The van der Waals surface area contributed by atoms with Gasteiger partial charge in [-0.1, -0.05) is 18.2 Å². The second-order valence-electron chi connectivity index (χ2n) is 7.44. The molecule has 3 heterocycles. The molecule has 7 nitrogen and oxygen atoms in total. The maximum absolute atomic E-state index is 13.1. The number of anilines is 1. The van der Waals surface area contributed by atoms with E-state index in [1.54, 1.807) is 23.5 Å². The number of nitrogens with zero attached hydrogens (tertiary/aromatic N) is 3. The summed E-state index contributed by atoms with van der Waals surface area (Å²) in [6.07, 6.45) is 7.30. The van der Waals surface area contributed by atoms with Crippen molar-refractivity contribution in [3.8, 4) is 5.75 Å². The van der Waals surface area contributed by atoms with Crippen LogP contribution in [0.2, 0.25) is 0 Å². The summed E-state index contributed by atoms with van der Waals surface area (Å²) in [4.78, 5) is 23.3. The molecule has 1 atom stereocenters. The van der Waals surface area contributed by atoms with Crippen molar-refractivity contribution >= 4 is 11.7 Å². The van der Waals surface area contributed by atoms with Crippen LogP contribution in [0, 0.1) is 0 Å². The lowest BCUT2D eigenvalue weighted by atomic mass is 10.2. The van der Waals surface area contributed by atoms with Gasteiger partial charge in [0.25, 0.3) is 0 Å². The van der Waals surface area contributed by atoms with Crippen molar-refractivity contribution in [2.75, 3.05) is 18.5 Å². The minimum atomic E-state index is -0.179. The van der Waals surface area contributed by atoms with Crippen molar-refractivity contribution in [1.29, 1.82) is 0 Å². The number of aromatic nitrogens is 2. The minimum Gasteiger partial charge on any atom is -0.487 e. The van der Waals surface area contributed by atoms with Crippen LogP contribution in [0.25, 0.3) is 0 Å². The molecule has 2 amide bonds. The van der Waals surface area contributed by atoms with Crippen molar-refractivity contribution in [1.82, 2.24) is 14.9 Å². The van der Waals surface area contributed by atoms with Crippen molar-refractivity contribution in [2.24, 2.45) is 0 Å². The number of rotatable bonds is 8. The fourth-order valence-electron chi connectivity index (χ4n) is 3.47. The van der Waals surface area contributed by atoms with Crippen LogP contribution in [0.15, 0.2) is 73.2 Å². The van der Waals surface area contributed by atoms with E-state index in [0.717, 1.165) is 30.7 Å². The zero-order chi connectivity index (χ0) is 21.3. The number of amides is 2. The van der Waals surface area contributed by atoms with E-state index in [2.05, 4.69) is 15.3 Å². The van der Waals surface area contributed by atoms with Crippen LogP contribution in [0.1, 0.15) is 24.1 Å². The number of carbonyl (C=O) groups excluding carboxylic acids is 1. The van der Waals surface area contributed by atoms with Crippen LogP contribution in [0.4, 0.5) is 10.5 Å². The van der Waals surface area contributed by atoms with E-state index in [1.165, 1.54) is 0 Å². The lowest BCUT2D eigenvalue weighted by molar-refractivity contribution is 0.0819. The second kappa shape index (κ2) is 10.5. The van der Waals surface area contributed by atoms with Crippen molar-refractivity contribution in [2.45, 2.75) is 32.1 Å². The number of carbonyl (C=O) groups is 1.